The van der Waals surface area contributed by atoms with Crippen molar-refractivity contribution in [3.63, 3.8) is 0 Å². The standard InChI is InChI=1S/C14H20N2O2/c1-11-8-16(9-12-5-3-2-4-6-12)10-13(15-11)7-14(17)18/h2-6,11,13,15H,7-10H2,1H3,(H,17,18). The molecular weight excluding hydrogens is 228 g/mol. The zero-order chi connectivity index (χ0) is 13.0. The maximum atomic E-state index is 10.8. The van der Waals surface area contributed by atoms with Gasteiger partial charge >= 0.3 is 5.97 Å². The lowest BCUT2D eigenvalue weighted by molar-refractivity contribution is -0.137. The van der Waals surface area contributed by atoms with E-state index >= 15 is 0 Å². The Labute approximate surface area is 108 Å². The van der Waals surface area contributed by atoms with Crippen molar-refractivity contribution in [3.8, 4) is 0 Å². The quantitative estimate of drug-likeness (QED) is 0.844. The largest absolute Gasteiger partial charge is 0.481 e. The normalized spacial score (nSPS) is 24.9. The zero-order valence-electron chi connectivity index (χ0n) is 10.7. The average Bonchev–Trinajstić information content (AvgIpc) is 2.28. The summed E-state index contributed by atoms with van der Waals surface area (Å²) in [6, 6.07) is 10.7. The number of aliphatic carboxylic acids is 1. The topological polar surface area (TPSA) is 52.6 Å². The molecule has 4 nitrogen and oxygen atoms in total. The average molecular weight is 248 g/mol. The number of nitrogens with zero attached hydrogens (tertiary/aromatic N) is 1. The highest BCUT2D eigenvalue weighted by Gasteiger charge is 2.25. The van der Waals surface area contributed by atoms with Crippen LogP contribution in [-0.4, -0.2) is 41.1 Å². The predicted octanol–water partition coefficient (Wildman–Crippen LogP) is 1.32. The Balaban J connectivity index is 1.94. The molecule has 0 radical (unpaired) electrons. The van der Waals surface area contributed by atoms with E-state index in [-0.39, 0.29) is 12.5 Å². The van der Waals surface area contributed by atoms with Crippen LogP contribution in [0.3, 0.4) is 0 Å². The van der Waals surface area contributed by atoms with Gasteiger partial charge in [0.25, 0.3) is 0 Å². The molecule has 1 aliphatic heterocycles. The fourth-order valence-corrected chi connectivity index (χ4v) is 2.59. The molecule has 0 aromatic heterocycles. The van der Waals surface area contributed by atoms with Gasteiger partial charge in [-0.1, -0.05) is 30.3 Å². The molecule has 1 aromatic rings. The fraction of sp³-hybridized carbons (Fsp3) is 0.500. The summed E-state index contributed by atoms with van der Waals surface area (Å²) in [6.45, 7) is 4.76. The number of carboxylic acid groups (broad SMARTS) is 1. The van der Waals surface area contributed by atoms with E-state index in [2.05, 4.69) is 29.3 Å². The van der Waals surface area contributed by atoms with E-state index in [9.17, 15) is 4.79 Å². The molecule has 0 aliphatic carbocycles. The Hall–Kier alpha value is -1.39. The molecule has 1 aromatic carbocycles. The third kappa shape index (κ3) is 3.82. The number of piperazine rings is 1. The van der Waals surface area contributed by atoms with E-state index in [1.165, 1.54) is 5.56 Å². The van der Waals surface area contributed by atoms with Crippen LogP contribution in [0.15, 0.2) is 30.3 Å². The summed E-state index contributed by atoms with van der Waals surface area (Å²) in [7, 11) is 0. The highest BCUT2D eigenvalue weighted by molar-refractivity contribution is 5.67. The van der Waals surface area contributed by atoms with Crippen LogP contribution in [0.1, 0.15) is 18.9 Å². The van der Waals surface area contributed by atoms with E-state index in [0.717, 1.165) is 19.6 Å². The molecule has 0 bridgehead atoms. The number of carbonyl (C=O) groups is 1. The van der Waals surface area contributed by atoms with Crippen LogP contribution in [0, 0.1) is 0 Å². The van der Waals surface area contributed by atoms with Crippen LogP contribution >= 0.6 is 0 Å². The van der Waals surface area contributed by atoms with Crippen molar-refractivity contribution >= 4 is 5.97 Å². The summed E-state index contributed by atoms with van der Waals surface area (Å²) < 4.78 is 0. The Morgan fingerprint density at radius 1 is 1.39 bits per heavy atom. The molecule has 2 atom stereocenters. The first-order valence-corrected chi connectivity index (χ1v) is 6.37. The highest BCUT2D eigenvalue weighted by Crippen LogP contribution is 2.11. The van der Waals surface area contributed by atoms with Crippen molar-refractivity contribution < 1.29 is 9.90 Å². The molecule has 0 spiro atoms. The first-order chi connectivity index (χ1) is 8.63. The Morgan fingerprint density at radius 3 is 2.78 bits per heavy atom. The van der Waals surface area contributed by atoms with Gasteiger partial charge in [0.05, 0.1) is 6.42 Å². The molecule has 1 saturated heterocycles. The molecule has 2 rings (SSSR count). The second-order valence-corrected chi connectivity index (χ2v) is 5.04. The number of hydrogen-bond donors (Lipinski definition) is 2. The van der Waals surface area contributed by atoms with Gasteiger partial charge in [-0.2, -0.15) is 0 Å². The van der Waals surface area contributed by atoms with Crippen molar-refractivity contribution in [2.75, 3.05) is 13.1 Å². The summed E-state index contributed by atoms with van der Waals surface area (Å²) in [5, 5.41) is 12.2. The Kier molecular flexibility index (Phi) is 4.33. The van der Waals surface area contributed by atoms with Gasteiger partial charge in [-0.05, 0) is 12.5 Å². The van der Waals surface area contributed by atoms with Gasteiger partial charge in [-0.25, -0.2) is 0 Å². The minimum absolute atomic E-state index is 0.0509. The molecule has 2 unspecified atom stereocenters. The summed E-state index contributed by atoms with van der Waals surface area (Å²) in [5.41, 5.74) is 1.28. The summed E-state index contributed by atoms with van der Waals surface area (Å²) in [4.78, 5) is 13.1. The van der Waals surface area contributed by atoms with Crippen molar-refractivity contribution in [2.24, 2.45) is 0 Å². The number of nitrogens with one attached hydrogen (secondary N) is 1. The van der Waals surface area contributed by atoms with Crippen LogP contribution in [-0.2, 0) is 11.3 Å². The first kappa shape index (κ1) is 13.1. The summed E-state index contributed by atoms with van der Waals surface area (Å²) in [6.07, 6.45) is 0.190. The van der Waals surface area contributed by atoms with Crippen LogP contribution in [0.5, 0.6) is 0 Å². The fourth-order valence-electron chi connectivity index (χ4n) is 2.59. The molecule has 18 heavy (non-hydrogen) atoms. The van der Waals surface area contributed by atoms with Gasteiger partial charge in [-0.15, -0.1) is 0 Å². The smallest absolute Gasteiger partial charge is 0.304 e. The van der Waals surface area contributed by atoms with Crippen LogP contribution in [0.4, 0.5) is 0 Å². The lowest BCUT2D eigenvalue weighted by Gasteiger charge is -2.37. The van der Waals surface area contributed by atoms with Crippen molar-refractivity contribution in [2.45, 2.75) is 32.0 Å². The molecule has 1 aliphatic rings. The lowest BCUT2D eigenvalue weighted by atomic mass is 10.1. The molecular formula is C14H20N2O2. The molecule has 2 N–H and O–H groups in total. The van der Waals surface area contributed by atoms with Crippen LogP contribution < -0.4 is 5.32 Å². The number of hydrogen-bond acceptors (Lipinski definition) is 3. The SMILES string of the molecule is CC1CN(Cc2ccccc2)CC(CC(=O)O)N1. The second kappa shape index (κ2) is 5.98. The van der Waals surface area contributed by atoms with Crippen LogP contribution in [0.25, 0.3) is 0 Å². The number of carboxylic acids is 1. The monoisotopic (exact) mass is 248 g/mol. The molecule has 0 amide bonds. The maximum Gasteiger partial charge on any atom is 0.304 e. The molecule has 1 heterocycles. The first-order valence-electron chi connectivity index (χ1n) is 6.37. The summed E-state index contributed by atoms with van der Waals surface area (Å²) in [5.74, 6) is -0.735. The zero-order valence-corrected chi connectivity index (χ0v) is 10.7. The second-order valence-electron chi connectivity index (χ2n) is 5.04. The van der Waals surface area contributed by atoms with Crippen molar-refractivity contribution in [1.29, 1.82) is 0 Å². The van der Waals surface area contributed by atoms with E-state index in [0.29, 0.717) is 6.04 Å². The van der Waals surface area contributed by atoms with Gasteiger partial charge in [-0.3, -0.25) is 9.69 Å². The summed E-state index contributed by atoms with van der Waals surface area (Å²) >= 11 is 0. The van der Waals surface area contributed by atoms with Crippen molar-refractivity contribution in [3.05, 3.63) is 35.9 Å². The minimum atomic E-state index is -0.735. The van der Waals surface area contributed by atoms with E-state index in [1.54, 1.807) is 0 Å². The molecule has 0 saturated carbocycles. The van der Waals surface area contributed by atoms with Crippen molar-refractivity contribution in [1.82, 2.24) is 10.2 Å². The highest BCUT2D eigenvalue weighted by atomic mass is 16.4. The van der Waals surface area contributed by atoms with Gasteiger partial charge in [0.1, 0.15) is 0 Å². The Bertz CT molecular complexity index is 394. The number of benzene rings is 1. The maximum absolute atomic E-state index is 10.8. The van der Waals surface area contributed by atoms with Gasteiger partial charge in [0.15, 0.2) is 0 Å². The third-order valence-electron chi connectivity index (χ3n) is 3.20. The molecule has 98 valence electrons. The van der Waals surface area contributed by atoms with Gasteiger partial charge < -0.3 is 10.4 Å². The minimum Gasteiger partial charge on any atom is -0.481 e. The van der Waals surface area contributed by atoms with Gasteiger partial charge in [0.2, 0.25) is 0 Å². The third-order valence-corrected chi connectivity index (χ3v) is 3.20. The Morgan fingerprint density at radius 2 is 2.11 bits per heavy atom. The number of rotatable bonds is 4. The van der Waals surface area contributed by atoms with E-state index < -0.39 is 5.97 Å². The van der Waals surface area contributed by atoms with E-state index in [1.807, 2.05) is 18.2 Å². The van der Waals surface area contributed by atoms with Gasteiger partial charge in [0, 0.05) is 31.7 Å². The molecule has 4 heteroatoms. The molecule has 1 fully saturated rings. The predicted molar refractivity (Wildman–Crippen MR) is 70.4 cm³/mol. The van der Waals surface area contributed by atoms with E-state index in [4.69, 9.17) is 5.11 Å². The van der Waals surface area contributed by atoms with Crippen LogP contribution in [0.2, 0.25) is 0 Å². The lowest BCUT2D eigenvalue weighted by Crippen LogP contribution is -2.55.